The second-order valence-electron chi connectivity index (χ2n) is 2.76. The van der Waals surface area contributed by atoms with E-state index in [4.69, 9.17) is 0 Å². The van der Waals surface area contributed by atoms with Crippen LogP contribution in [0.15, 0.2) is 11.8 Å². The molecule has 0 rings (SSSR count). The zero-order chi connectivity index (χ0) is 13.6. The number of halogens is 4. The maximum absolute atomic E-state index is 12.7. The molecule has 0 aliphatic carbocycles. The summed E-state index contributed by atoms with van der Waals surface area (Å²) in [7, 11) is 0.993. The van der Waals surface area contributed by atoms with Crippen molar-refractivity contribution in [2.75, 3.05) is 13.7 Å². The molecule has 0 aromatic rings. The van der Waals surface area contributed by atoms with Gasteiger partial charge in [0.15, 0.2) is 0 Å². The minimum absolute atomic E-state index is 0.170. The largest absolute Gasteiger partial charge is 0.503 e. The predicted molar refractivity (Wildman–Crippen MR) is 47.7 cm³/mol. The molecule has 1 atom stereocenters. The maximum atomic E-state index is 12.7. The summed E-state index contributed by atoms with van der Waals surface area (Å²) in [6.07, 6.45) is -8.75. The lowest BCUT2D eigenvalue weighted by Crippen LogP contribution is -2.35. The van der Waals surface area contributed by atoms with Crippen molar-refractivity contribution in [2.24, 2.45) is 0 Å². The van der Waals surface area contributed by atoms with Gasteiger partial charge in [0.2, 0.25) is 5.78 Å². The summed E-state index contributed by atoms with van der Waals surface area (Å²) in [4.78, 5) is 22.1. The summed E-state index contributed by atoms with van der Waals surface area (Å²) in [5, 5.41) is 0. The summed E-state index contributed by atoms with van der Waals surface area (Å²) in [5.41, 5.74) is -1.13. The number of ether oxygens (including phenoxy) is 2. The van der Waals surface area contributed by atoms with E-state index in [-0.39, 0.29) is 6.61 Å². The number of hydrogen-bond donors (Lipinski definition) is 0. The number of carbonyl (C=O) groups excluding carboxylic acids is 2. The van der Waals surface area contributed by atoms with Gasteiger partial charge in [-0.15, -0.1) is 0 Å². The monoisotopic (exact) mass is 258 g/mol. The molecule has 98 valence electrons. The molecular weight excluding hydrogens is 248 g/mol. The highest BCUT2D eigenvalue weighted by molar-refractivity contribution is 6.18. The molecule has 0 radical (unpaired) electrons. The molecule has 0 spiro atoms. The predicted octanol–water partition coefficient (Wildman–Crippen LogP) is 1.55. The zero-order valence-corrected chi connectivity index (χ0v) is 9.01. The molecule has 0 aliphatic rings. The summed E-state index contributed by atoms with van der Waals surface area (Å²) in [6, 6.07) is 0. The van der Waals surface area contributed by atoms with E-state index < -0.39 is 29.7 Å². The molecule has 0 aliphatic heterocycles. The van der Waals surface area contributed by atoms with Crippen molar-refractivity contribution < 1.29 is 36.6 Å². The van der Waals surface area contributed by atoms with Gasteiger partial charge in [-0.2, -0.15) is 13.2 Å². The SMILES string of the molecule is CCOC(=O)/C(=C\OC)C(=O)C(F)C(F)(F)F. The Kier molecular flexibility index (Phi) is 5.63. The van der Waals surface area contributed by atoms with E-state index in [1.807, 2.05) is 0 Å². The fraction of sp³-hybridized carbons (Fsp3) is 0.556. The second kappa shape index (κ2) is 6.21. The third-order valence-electron chi connectivity index (χ3n) is 1.51. The van der Waals surface area contributed by atoms with Gasteiger partial charge in [-0.3, -0.25) is 4.79 Å². The van der Waals surface area contributed by atoms with Crippen molar-refractivity contribution in [1.29, 1.82) is 0 Å². The lowest BCUT2D eigenvalue weighted by atomic mass is 10.1. The first kappa shape index (κ1) is 15.4. The average Bonchev–Trinajstić information content (AvgIpc) is 2.22. The van der Waals surface area contributed by atoms with E-state index in [9.17, 15) is 27.2 Å². The smallest absolute Gasteiger partial charge is 0.427 e. The Hall–Kier alpha value is -1.60. The van der Waals surface area contributed by atoms with Crippen LogP contribution in [0.25, 0.3) is 0 Å². The van der Waals surface area contributed by atoms with E-state index in [1.54, 1.807) is 0 Å². The van der Waals surface area contributed by atoms with Crippen LogP contribution in [0.1, 0.15) is 6.92 Å². The molecule has 0 saturated carbocycles. The Labute approximate surface area is 94.2 Å². The fourth-order valence-electron chi connectivity index (χ4n) is 0.819. The number of ketones is 1. The standard InChI is InChI=1S/C9H10F4O4/c1-3-17-8(15)5(4-16-2)6(14)7(10)9(11,12)13/h4,7H,3H2,1-2H3/b5-4-. The molecule has 0 heterocycles. The third-order valence-corrected chi connectivity index (χ3v) is 1.51. The Morgan fingerprint density at radius 3 is 2.24 bits per heavy atom. The number of hydrogen-bond acceptors (Lipinski definition) is 4. The van der Waals surface area contributed by atoms with Gasteiger partial charge in [0.05, 0.1) is 13.7 Å². The maximum Gasteiger partial charge on any atom is 0.427 e. The van der Waals surface area contributed by atoms with Crippen molar-refractivity contribution in [3.63, 3.8) is 0 Å². The molecule has 0 aromatic heterocycles. The highest BCUT2D eigenvalue weighted by Crippen LogP contribution is 2.25. The van der Waals surface area contributed by atoms with Crippen molar-refractivity contribution in [3.8, 4) is 0 Å². The fourth-order valence-corrected chi connectivity index (χ4v) is 0.819. The van der Waals surface area contributed by atoms with Crippen LogP contribution in [-0.4, -0.2) is 37.8 Å². The Balaban J connectivity index is 5.04. The summed E-state index contributed by atoms with van der Waals surface area (Å²) in [6.45, 7) is 1.21. The van der Waals surface area contributed by atoms with Crippen LogP contribution in [0.5, 0.6) is 0 Å². The Morgan fingerprint density at radius 2 is 1.88 bits per heavy atom. The van der Waals surface area contributed by atoms with Gasteiger partial charge < -0.3 is 9.47 Å². The number of methoxy groups -OCH3 is 1. The average molecular weight is 258 g/mol. The summed E-state index contributed by atoms with van der Waals surface area (Å²) < 4.78 is 57.0. The summed E-state index contributed by atoms with van der Waals surface area (Å²) >= 11 is 0. The van der Waals surface area contributed by atoms with E-state index in [1.165, 1.54) is 6.92 Å². The molecule has 0 aromatic carbocycles. The van der Waals surface area contributed by atoms with Gasteiger partial charge >= 0.3 is 12.1 Å². The molecule has 8 heteroatoms. The molecule has 0 amide bonds. The second-order valence-corrected chi connectivity index (χ2v) is 2.76. The van der Waals surface area contributed by atoms with E-state index in [0.717, 1.165) is 7.11 Å². The lowest BCUT2D eigenvalue weighted by Gasteiger charge is -2.12. The Bertz CT molecular complexity index is 321. The highest BCUT2D eigenvalue weighted by Gasteiger charge is 2.47. The van der Waals surface area contributed by atoms with E-state index >= 15 is 0 Å². The van der Waals surface area contributed by atoms with Gasteiger partial charge in [-0.05, 0) is 6.92 Å². The number of rotatable bonds is 5. The van der Waals surface area contributed by atoms with Crippen LogP contribution in [0.4, 0.5) is 17.6 Å². The normalized spacial score (nSPS) is 14.1. The van der Waals surface area contributed by atoms with Crippen LogP contribution in [0.3, 0.4) is 0 Å². The van der Waals surface area contributed by atoms with Gasteiger partial charge in [0, 0.05) is 0 Å². The number of esters is 1. The molecule has 17 heavy (non-hydrogen) atoms. The van der Waals surface area contributed by atoms with Crippen LogP contribution >= 0.6 is 0 Å². The number of alkyl halides is 4. The van der Waals surface area contributed by atoms with E-state index in [2.05, 4.69) is 9.47 Å². The molecule has 1 unspecified atom stereocenters. The number of carbonyl (C=O) groups is 2. The molecule has 0 fully saturated rings. The first-order valence-corrected chi connectivity index (χ1v) is 4.40. The molecule has 0 bridgehead atoms. The van der Waals surface area contributed by atoms with Gasteiger partial charge in [0.25, 0.3) is 6.17 Å². The highest BCUT2D eigenvalue weighted by atomic mass is 19.4. The minimum Gasteiger partial charge on any atom is -0.503 e. The Morgan fingerprint density at radius 1 is 1.35 bits per heavy atom. The molecule has 4 nitrogen and oxygen atoms in total. The van der Waals surface area contributed by atoms with Gasteiger partial charge in [-0.1, -0.05) is 0 Å². The van der Waals surface area contributed by atoms with Gasteiger partial charge in [0.1, 0.15) is 11.8 Å². The van der Waals surface area contributed by atoms with Crippen molar-refractivity contribution in [3.05, 3.63) is 11.8 Å². The van der Waals surface area contributed by atoms with Gasteiger partial charge in [-0.25, -0.2) is 9.18 Å². The number of Topliss-reactive ketones (excluding diaryl/α,β-unsaturated/α-hetero) is 1. The first-order chi connectivity index (χ1) is 7.75. The molecular formula is C9H10F4O4. The topological polar surface area (TPSA) is 52.6 Å². The van der Waals surface area contributed by atoms with Crippen molar-refractivity contribution in [1.82, 2.24) is 0 Å². The lowest BCUT2D eigenvalue weighted by molar-refractivity contribution is -0.183. The van der Waals surface area contributed by atoms with Crippen LogP contribution in [0, 0.1) is 0 Å². The zero-order valence-electron chi connectivity index (χ0n) is 9.01. The van der Waals surface area contributed by atoms with Crippen LogP contribution in [-0.2, 0) is 19.1 Å². The molecule has 0 saturated heterocycles. The van der Waals surface area contributed by atoms with Crippen molar-refractivity contribution >= 4 is 11.8 Å². The van der Waals surface area contributed by atoms with Crippen molar-refractivity contribution in [2.45, 2.75) is 19.3 Å². The van der Waals surface area contributed by atoms with E-state index in [0.29, 0.717) is 6.26 Å². The first-order valence-electron chi connectivity index (χ1n) is 4.40. The third kappa shape index (κ3) is 4.41. The minimum atomic E-state index is -5.38. The van der Waals surface area contributed by atoms with Crippen LogP contribution in [0.2, 0.25) is 0 Å². The summed E-state index contributed by atoms with van der Waals surface area (Å²) in [5.74, 6) is -3.41. The quantitative estimate of drug-likeness (QED) is 0.187. The van der Waals surface area contributed by atoms with Crippen LogP contribution < -0.4 is 0 Å². The molecule has 0 N–H and O–H groups in total.